The van der Waals surface area contributed by atoms with Gasteiger partial charge >= 0.3 is 0 Å². The van der Waals surface area contributed by atoms with E-state index in [-0.39, 0.29) is 0 Å². The van der Waals surface area contributed by atoms with E-state index >= 15 is 0 Å². The normalized spacial score (nSPS) is 10.0. The van der Waals surface area contributed by atoms with E-state index in [0.29, 0.717) is 35.4 Å². The van der Waals surface area contributed by atoms with Crippen LogP contribution in [0, 0.1) is 0 Å². The second kappa shape index (κ2) is 6.56. The Morgan fingerprint density at radius 1 is 1.29 bits per heavy atom. The molecule has 2 aromatic rings. The number of carboxylic acid groups (broad SMARTS) is 1. The summed E-state index contributed by atoms with van der Waals surface area (Å²) in [6.45, 7) is 2.28. The van der Waals surface area contributed by atoms with Crippen LogP contribution in [0.1, 0.15) is 6.92 Å². The van der Waals surface area contributed by atoms with Gasteiger partial charge in [-0.2, -0.15) is 9.97 Å². The molecule has 0 radical (unpaired) electrons. The third kappa shape index (κ3) is 3.59. The molecule has 1 heterocycles. The second-order valence-corrected chi connectivity index (χ2v) is 3.96. The number of anilines is 1. The SMILES string of the molecule is CCOc1cc(OC)nc(-c2ccccc2NC(=O)[O-])n1. The van der Waals surface area contributed by atoms with E-state index in [0.717, 1.165) is 0 Å². The fourth-order valence-electron chi connectivity index (χ4n) is 1.75. The van der Waals surface area contributed by atoms with E-state index in [4.69, 9.17) is 9.47 Å². The van der Waals surface area contributed by atoms with Crippen LogP contribution in [0.3, 0.4) is 0 Å². The minimum Gasteiger partial charge on any atom is -0.530 e. The predicted octanol–water partition coefficient (Wildman–Crippen LogP) is 1.31. The van der Waals surface area contributed by atoms with Gasteiger partial charge in [0.05, 0.1) is 25.5 Å². The van der Waals surface area contributed by atoms with Gasteiger partial charge in [0.15, 0.2) is 5.82 Å². The number of amides is 1. The van der Waals surface area contributed by atoms with Gasteiger partial charge in [-0.1, -0.05) is 12.1 Å². The highest BCUT2D eigenvalue weighted by Crippen LogP contribution is 2.28. The fourth-order valence-corrected chi connectivity index (χ4v) is 1.75. The maximum absolute atomic E-state index is 10.7. The smallest absolute Gasteiger partial charge is 0.220 e. The molecule has 7 heteroatoms. The third-order valence-corrected chi connectivity index (χ3v) is 2.59. The number of benzene rings is 1. The van der Waals surface area contributed by atoms with Crippen LogP contribution >= 0.6 is 0 Å². The van der Waals surface area contributed by atoms with Gasteiger partial charge in [-0.25, -0.2) is 0 Å². The van der Waals surface area contributed by atoms with Crippen LogP contribution < -0.4 is 19.9 Å². The van der Waals surface area contributed by atoms with E-state index in [9.17, 15) is 9.90 Å². The van der Waals surface area contributed by atoms with Gasteiger partial charge in [-0.05, 0) is 19.1 Å². The lowest BCUT2D eigenvalue weighted by Crippen LogP contribution is -2.29. The van der Waals surface area contributed by atoms with Crippen molar-refractivity contribution in [1.82, 2.24) is 9.97 Å². The zero-order valence-corrected chi connectivity index (χ0v) is 11.6. The Kier molecular flexibility index (Phi) is 4.55. The molecule has 0 saturated carbocycles. The molecule has 0 unspecified atom stereocenters. The number of carbonyl (C=O) groups excluding carboxylic acids is 1. The highest BCUT2D eigenvalue weighted by molar-refractivity contribution is 5.88. The molecule has 0 spiro atoms. The number of nitrogens with zero attached hydrogens (tertiary/aromatic N) is 2. The third-order valence-electron chi connectivity index (χ3n) is 2.59. The van der Waals surface area contributed by atoms with Crippen LogP contribution in [0.25, 0.3) is 11.4 Å². The molecule has 1 aromatic carbocycles. The Morgan fingerprint density at radius 2 is 2.00 bits per heavy atom. The minimum atomic E-state index is -1.41. The Morgan fingerprint density at radius 3 is 2.67 bits per heavy atom. The van der Waals surface area contributed by atoms with Crippen molar-refractivity contribution in [1.29, 1.82) is 0 Å². The van der Waals surface area contributed by atoms with Crippen molar-refractivity contribution in [2.45, 2.75) is 6.92 Å². The molecule has 1 N–H and O–H groups in total. The molecule has 0 fully saturated rings. The molecule has 7 nitrogen and oxygen atoms in total. The Bertz CT molecular complexity index is 646. The number of hydrogen-bond acceptors (Lipinski definition) is 6. The van der Waals surface area contributed by atoms with Gasteiger partial charge in [-0.3, -0.25) is 0 Å². The summed E-state index contributed by atoms with van der Waals surface area (Å²) in [5.41, 5.74) is 0.828. The molecule has 0 bridgehead atoms. The zero-order valence-electron chi connectivity index (χ0n) is 11.6. The summed E-state index contributed by atoms with van der Waals surface area (Å²) >= 11 is 0. The number of carbonyl (C=O) groups is 1. The monoisotopic (exact) mass is 288 g/mol. The molecule has 0 atom stereocenters. The lowest BCUT2D eigenvalue weighted by molar-refractivity contribution is -0.242. The molecule has 0 aliphatic rings. The predicted molar refractivity (Wildman–Crippen MR) is 74.2 cm³/mol. The highest BCUT2D eigenvalue weighted by Gasteiger charge is 2.11. The molecule has 1 aromatic heterocycles. The highest BCUT2D eigenvalue weighted by atomic mass is 16.5. The molecular weight excluding hydrogens is 274 g/mol. The van der Waals surface area contributed by atoms with Gasteiger partial charge in [0.2, 0.25) is 11.8 Å². The van der Waals surface area contributed by atoms with Crippen LogP contribution in [-0.4, -0.2) is 29.8 Å². The Labute approximate surface area is 121 Å². The van der Waals surface area contributed by atoms with Crippen LogP contribution in [-0.2, 0) is 0 Å². The first kappa shape index (κ1) is 14.6. The van der Waals surface area contributed by atoms with Gasteiger partial charge in [0, 0.05) is 5.56 Å². The van der Waals surface area contributed by atoms with Crippen LogP contribution in [0.15, 0.2) is 30.3 Å². The van der Waals surface area contributed by atoms with E-state index in [1.165, 1.54) is 7.11 Å². The first-order chi connectivity index (χ1) is 10.1. The molecule has 110 valence electrons. The molecule has 0 saturated heterocycles. The van der Waals surface area contributed by atoms with Crippen LogP contribution in [0.2, 0.25) is 0 Å². The summed E-state index contributed by atoms with van der Waals surface area (Å²) < 4.78 is 10.5. The number of aromatic nitrogens is 2. The van der Waals surface area contributed by atoms with Crippen molar-refractivity contribution in [2.75, 3.05) is 19.0 Å². The van der Waals surface area contributed by atoms with Crippen molar-refractivity contribution in [3.05, 3.63) is 30.3 Å². The fraction of sp³-hybridized carbons (Fsp3) is 0.214. The second-order valence-electron chi connectivity index (χ2n) is 3.96. The topological polar surface area (TPSA) is 96.4 Å². The molecule has 21 heavy (non-hydrogen) atoms. The van der Waals surface area contributed by atoms with E-state index < -0.39 is 6.09 Å². The molecule has 0 aliphatic carbocycles. The zero-order chi connectivity index (χ0) is 15.2. The summed E-state index contributed by atoms with van der Waals surface area (Å²) in [6, 6.07) is 8.28. The number of rotatable bonds is 5. The first-order valence-electron chi connectivity index (χ1n) is 6.27. The van der Waals surface area contributed by atoms with Crippen molar-refractivity contribution in [3.8, 4) is 23.1 Å². The summed E-state index contributed by atoms with van der Waals surface area (Å²) in [5, 5.41) is 12.9. The van der Waals surface area contributed by atoms with Crippen molar-refractivity contribution in [2.24, 2.45) is 0 Å². The van der Waals surface area contributed by atoms with Gasteiger partial charge < -0.3 is 24.7 Å². The number of para-hydroxylation sites is 1. The van der Waals surface area contributed by atoms with Gasteiger partial charge in [0.25, 0.3) is 0 Å². The van der Waals surface area contributed by atoms with Crippen molar-refractivity contribution < 1.29 is 19.4 Å². The summed E-state index contributed by atoms with van der Waals surface area (Å²) in [7, 11) is 1.48. The number of nitrogens with one attached hydrogen (secondary N) is 1. The molecule has 1 amide bonds. The lowest BCUT2D eigenvalue weighted by Gasteiger charge is -2.13. The van der Waals surface area contributed by atoms with Crippen molar-refractivity contribution in [3.63, 3.8) is 0 Å². The molecular formula is C14H14N3O4-. The van der Waals surface area contributed by atoms with Gasteiger partial charge in [0.1, 0.15) is 6.09 Å². The largest absolute Gasteiger partial charge is 0.530 e. The van der Waals surface area contributed by atoms with E-state index in [1.807, 2.05) is 6.92 Å². The van der Waals surface area contributed by atoms with Crippen LogP contribution in [0.4, 0.5) is 10.5 Å². The summed E-state index contributed by atoms with van der Waals surface area (Å²) in [6.07, 6.45) is -1.41. The average molecular weight is 288 g/mol. The number of methoxy groups -OCH3 is 1. The molecule has 2 rings (SSSR count). The standard InChI is InChI=1S/C14H15N3O4/c1-3-21-12-8-11(20-2)16-13(17-12)9-6-4-5-7-10(9)15-14(18)19/h4-8,15H,3H2,1-2H3,(H,18,19)/p-1. The first-order valence-corrected chi connectivity index (χ1v) is 6.27. The average Bonchev–Trinajstić information content (AvgIpc) is 2.47. The minimum absolute atomic E-state index is 0.294. The Balaban J connectivity index is 2.50. The summed E-state index contributed by atoms with van der Waals surface area (Å²) in [5.74, 6) is 0.969. The number of hydrogen-bond donors (Lipinski definition) is 1. The van der Waals surface area contributed by atoms with E-state index in [1.54, 1.807) is 30.3 Å². The summed E-state index contributed by atoms with van der Waals surface area (Å²) in [4.78, 5) is 19.2. The lowest BCUT2D eigenvalue weighted by atomic mass is 10.1. The Hall–Kier alpha value is -2.83. The van der Waals surface area contributed by atoms with E-state index in [2.05, 4.69) is 15.3 Å². The maximum Gasteiger partial charge on any atom is 0.220 e. The van der Waals surface area contributed by atoms with Crippen LogP contribution in [0.5, 0.6) is 11.8 Å². The quantitative estimate of drug-likeness (QED) is 0.891. The van der Waals surface area contributed by atoms with Crippen molar-refractivity contribution >= 4 is 11.8 Å². The van der Waals surface area contributed by atoms with Gasteiger partial charge in [-0.15, -0.1) is 0 Å². The molecule has 0 aliphatic heterocycles. The maximum atomic E-state index is 10.7. The number of ether oxygens (including phenoxy) is 2.